The second-order valence-electron chi connectivity index (χ2n) is 7.90. The van der Waals surface area contributed by atoms with E-state index in [-0.39, 0.29) is 18.4 Å². The van der Waals surface area contributed by atoms with Gasteiger partial charge in [-0.05, 0) is 54.8 Å². The van der Waals surface area contributed by atoms with Gasteiger partial charge >= 0.3 is 6.18 Å². The summed E-state index contributed by atoms with van der Waals surface area (Å²) in [5.74, 6) is -0.814. The minimum atomic E-state index is -4.72. The SMILES string of the molecule is CNC(=O)c1ccc(Nc2ncc(C(F)(F)F)c(NCc3ccc(C)cc3N(C)S(=O)O)n2)c(C)c1. The highest BCUT2D eigenvalue weighted by molar-refractivity contribution is 7.80. The topological polar surface area (TPSA) is 119 Å². The molecule has 0 fully saturated rings. The maximum absolute atomic E-state index is 13.7. The summed E-state index contributed by atoms with van der Waals surface area (Å²) in [7, 11) is 2.91. The third-order valence-corrected chi connectivity index (χ3v) is 5.98. The standard InChI is InChI=1S/C23H25F3N6O3S/c1-13-5-6-16(19(9-13)32(4)36(34)35)11-28-20-17(23(24,25)26)12-29-22(31-20)30-18-8-7-15(10-14(18)2)21(33)27-3/h5-10,12H,11H2,1-4H3,(H,27,33)(H,34,35)(H2,28,29,30,31). The Morgan fingerprint density at radius 1 is 1.17 bits per heavy atom. The number of halogens is 3. The lowest BCUT2D eigenvalue weighted by Crippen LogP contribution is -2.22. The molecule has 0 aliphatic carbocycles. The number of rotatable bonds is 8. The van der Waals surface area contributed by atoms with Gasteiger partial charge in [0.1, 0.15) is 11.4 Å². The average Bonchev–Trinajstić information content (AvgIpc) is 2.82. The molecule has 13 heteroatoms. The highest BCUT2D eigenvalue weighted by Crippen LogP contribution is 2.35. The van der Waals surface area contributed by atoms with Gasteiger partial charge in [-0.1, -0.05) is 12.1 Å². The number of aromatic nitrogens is 2. The number of alkyl halides is 3. The zero-order chi connectivity index (χ0) is 26.6. The quantitative estimate of drug-likeness (QED) is 0.324. The van der Waals surface area contributed by atoms with E-state index in [2.05, 4.69) is 25.9 Å². The third-order valence-electron chi connectivity index (χ3n) is 5.32. The molecule has 0 bridgehead atoms. The van der Waals surface area contributed by atoms with Crippen molar-refractivity contribution in [2.24, 2.45) is 0 Å². The Kier molecular flexibility index (Phi) is 8.15. The minimum Gasteiger partial charge on any atom is -0.365 e. The first-order valence-corrected chi connectivity index (χ1v) is 11.7. The van der Waals surface area contributed by atoms with Crippen LogP contribution in [0.25, 0.3) is 0 Å². The minimum absolute atomic E-state index is 0.0843. The third kappa shape index (κ3) is 6.29. The maximum Gasteiger partial charge on any atom is 0.421 e. The van der Waals surface area contributed by atoms with Crippen molar-refractivity contribution in [3.05, 3.63) is 70.4 Å². The van der Waals surface area contributed by atoms with E-state index in [1.807, 2.05) is 0 Å². The number of hydrogen-bond donors (Lipinski definition) is 4. The van der Waals surface area contributed by atoms with E-state index < -0.39 is 28.8 Å². The van der Waals surface area contributed by atoms with Crippen LogP contribution in [0.15, 0.2) is 42.6 Å². The van der Waals surface area contributed by atoms with Crippen molar-refractivity contribution in [1.82, 2.24) is 15.3 Å². The molecule has 0 spiro atoms. The molecule has 1 atom stereocenters. The van der Waals surface area contributed by atoms with E-state index >= 15 is 0 Å². The fraction of sp³-hybridized carbons (Fsp3) is 0.261. The smallest absolute Gasteiger partial charge is 0.365 e. The Bertz CT molecular complexity index is 1300. The van der Waals surface area contributed by atoms with Crippen LogP contribution in [0.5, 0.6) is 0 Å². The van der Waals surface area contributed by atoms with Gasteiger partial charge in [-0.2, -0.15) is 18.2 Å². The van der Waals surface area contributed by atoms with Crippen LogP contribution in [0, 0.1) is 13.8 Å². The molecule has 1 aromatic heterocycles. The van der Waals surface area contributed by atoms with E-state index in [9.17, 15) is 26.7 Å². The van der Waals surface area contributed by atoms with Gasteiger partial charge in [-0.3, -0.25) is 13.7 Å². The van der Waals surface area contributed by atoms with Crippen LogP contribution in [0.1, 0.15) is 32.6 Å². The first-order valence-electron chi connectivity index (χ1n) is 10.6. The van der Waals surface area contributed by atoms with Gasteiger partial charge in [-0.15, -0.1) is 0 Å². The van der Waals surface area contributed by atoms with Gasteiger partial charge in [0, 0.05) is 38.1 Å². The molecule has 1 heterocycles. The van der Waals surface area contributed by atoms with Crippen LogP contribution < -0.4 is 20.3 Å². The van der Waals surface area contributed by atoms with Crippen molar-refractivity contribution in [2.45, 2.75) is 26.6 Å². The molecule has 0 aliphatic rings. The molecule has 36 heavy (non-hydrogen) atoms. The predicted octanol–water partition coefficient (Wildman–Crippen LogP) is 4.40. The number of hydrogen-bond acceptors (Lipinski definition) is 6. The molecular weight excluding hydrogens is 497 g/mol. The number of anilines is 4. The zero-order valence-electron chi connectivity index (χ0n) is 19.9. The molecule has 9 nitrogen and oxygen atoms in total. The molecule has 2 aromatic carbocycles. The summed E-state index contributed by atoms with van der Waals surface area (Å²) in [4.78, 5) is 19.7. The van der Waals surface area contributed by atoms with E-state index in [0.29, 0.717) is 34.3 Å². The number of carbonyl (C=O) groups excluding carboxylic acids is 1. The first kappa shape index (κ1) is 26.9. The second kappa shape index (κ2) is 10.9. The van der Waals surface area contributed by atoms with Crippen molar-refractivity contribution < 1.29 is 26.7 Å². The largest absolute Gasteiger partial charge is 0.421 e. The van der Waals surface area contributed by atoms with Crippen LogP contribution in [-0.2, 0) is 24.0 Å². The lowest BCUT2D eigenvalue weighted by Gasteiger charge is -2.20. The van der Waals surface area contributed by atoms with Crippen molar-refractivity contribution in [3.63, 3.8) is 0 Å². The lowest BCUT2D eigenvalue weighted by atomic mass is 10.1. The number of nitrogens with one attached hydrogen (secondary N) is 3. The number of carbonyl (C=O) groups is 1. The summed E-state index contributed by atoms with van der Waals surface area (Å²) >= 11 is -2.32. The fourth-order valence-corrected chi connectivity index (χ4v) is 3.71. The number of aryl methyl sites for hydroxylation is 2. The van der Waals surface area contributed by atoms with Gasteiger partial charge in [0.2, 0.25) is 5.95 Å². The number of nitrogens with zero attached hydrogens (tertiary/aromatic N) is 3. The molecule has 0 saturated heterocycles. The van der Waals surface area contributed by atoms with Gasteiger partial charge in [0.15, 0.2) is 0 Å². The Balaban J connectivity index is 1.92. The van der Waals surface area contributed by atoms with E-state index in [1.54, 1.807) is 50.2 Å². The summed E-state index contributed by atoms with van der Waals surface area (Å²) < 4.78 is 63.1. The first-order chi connectivity index (χ1) is 16.9. The second-order valence-corrected chi connectivity index (χ2v) is 8.91. The Hall–Kier alpha value is -3.71. The Labute approximate surface area is 208 Å². The van der Waals surface area contributed by atoms with Gasteiger partial charge < -0.3 is 16.0 Å². The average molecular weight is 523 g/mol. The van der Waals surface area contributed by atoms with Gasteiger partial charge in [-0.25, -0.2) is 9.19 Å². The molecule has 0 saturated carbocycles. The summed E-state index contributed by atoms with van der Waals surface area (Å²) in [5.41, 5.74) is 2.24. The fourth-order valence-electron chi connectivity index (χ4n) is 3.37. The van der Waals surface area contributed by atoms with Gasteiger partial charge in [0.25, 0.3) is 17.2 Å². The predicted molar refractivity (Wildman–Crippen MR) is 133 cm³/mol. The van der Waals surface area contributed by atoms with Crippen LogP contribution in [0.3, 0.4) is 0 Å². The Morgan fingerprint density at radius 3 is 2.50 bits per heavy atom. The van der Waals surface area contributed by atoms with Crippen molar-refractivity contribution in [1.29, 1.82) is 0 Å². The number of amides is 1. The van der Waals surface area contributed by atoms with E-state index in [0.717, 1.165) is 9.87 Å². The van der Waals surface area contributed by atoms with Crippen LogP contribution in [0.4, 0.5) is 36.3 Å². The molecule has 192 valence electrons. The van der Waals surface area contributed by atoms with Gasteiger partial charge in [0.05, 0.1) is 5.69 Å². The van der Waals surface area contributed by atoms with Crippen molar-refractivity contribution in [3.8, 4) is 0 Å². The summed E-state index contributed by atoms with van der Waals surface area (Å²) in [6.45, 7) is 3.43. The lowest BCUT2D eigenvalue weighted by molar-refractivity contribution is -0.137. The summed E-state index contributed by atoms with van der Waals surface area (Å²) in [6.07, 6.45) is -4.04. The molecule has 1 unspecified atom stereocenters. The number of benzene rings is 2. The highest BCUT2D eigenvalue weighted by Gasteiger charge is 2.35. The van der Waals surface area contributed by atoms with Crippen LogP contribution >= 0.6 is 0 Å². The van der Waals surface area contributed by atoms with Crippen molar-refractivity contribution in [2.75, 3.05) is 29.0 Å². The highest BCUT2D eigenvalue weighted by atomic mass is 32.2. The molecular formula is C23H25F3N6O3S. The normalized spacial score (nSPS) is 12.1. The van der Waals surface area contributed by atoms with Crippen LogP contribution in [-0.4, -0.2) is 38.7 Å². The summed E-state index contributed by atoms with van der Waals surface area (Å²) in [6, 6.07) is 9.87. The van der Waals surface area contributed by atoms with Crippen LogP contribution in [0.2, 0.25) is 0 Å². The molecule has 3 rings (SSSR count). The maximum atomic E-state index is 13.7. The molecule has 0 radical (unpaired) electrons. The van der Waals surface area contributed by atoms with E-state index in [4.69, 9.17) is 0 Å². The summed E-state index contributed by atoms with van der Waals surface area (Å²) in [5, 5.41) is 8.09. The molecule has 4 N–H and O–H groups in total. The Morgan fingerprint density at radius 2 is 1.89 bits per heavy atom. The molecule has 1 amide bonds. The van der Waals surface area contributed by atoms with Crippen molar-refractivity contribution >= 4 is 40.3 Å². The zero-order valence-corrected chi connectivity index (χ0v) is 20.7. The van der Waals surface area contributed by atoms with E-state index in [1.165, 1.54) is 14.1 Å². The molecule has 3 aromatic rings. The monoisotopic (exact) mass is 522 g/mol. The molecule has 0 aliphatic heterocycles.